The smallest absolute Gasteiger partial charge is 0.547 e. The average molecular weight is 234 g/mol. The van der Waals surface area contributed by atoms with E-state index in [-0.39, 0.29) is 63.6 Å². The predicted molar refractivity (Wildman–Crippen MR) is 47.6 cm³/mol. The van der Waals surface area contributed by atoms with E-state index in [2.05, 4.69) is 0 Å². The van der Waals surface area contributed by atoms with Crippen LogP contribution in [-0.4, -0.2) is 24.3 Å². The van der Waals surface area contributed by atoms with Crippen molar-refractivity contribution < 1.29 is 71.1 Å². The molecular weight excluding hydrogens is 223 g/mol. The molecule has 0 heterocycles. The molecule has 0 aliphatic carbocycles. The molecule has 0 radical (unpaired) electrons. The van der Waals surface area contributed by atoms with Crippen LogP contribution in [0.25, 0.3) is 0 Å². The molecule has 5 heteroatoms. The molecule has 0 saturated heterocycles. The first-order valence-electron chi connectivity index (χ1n) is 4.15. The number of hydrogen-bond donors (Lipinski definition) is 1. The number of ether oxygens (including phenoxy) is 1. The monoisotopic (exact) mass is 234 g/mol. The molecule has 1 unspecified atom stereocenters. The average Bonchev–Trinajstić information content (AvgIpc) is 2.16. The van der Waals surface area contributed by atoms with Gasteiger partial charge in [0.2, 0.25) is 0 Å². The summed E-state index contributed by atoms with van der Waals surface area (Å²) < 4.78 is 4.72. The van der Waals surface area contributed by atoms with Crippen LogP contribution in [0.4, 0.5) is 0 Å². The number of aliphatic carboxylic acids is 1. The van der Waals surface area contributed by atoms with Crippen molar-refractivity contribution in [2.75, 3.05) is 7.11 Å². The van der Waals surface area contributed by atoms with Crippen LogP contribution in [0.15, 0.2) is 24.3 Å². The fraction of sp³-hybridized carbons (Fsp3) is 0.300. The molecule has 0 amide bonds. The molecule has 1 atom stereocenters. The first kappa shape index (κ1) is 15.1. The van der Waals surface area contributed by atoms with Crippen molar-refractivity contribution in [3.63, 3.8) is 0 Å². The third-order valence-electron chi connectivity index (χ3n) is 1.90. The maximum absolute atomic E-state index is 10.5. The summed E-state index contributed by atoms with van der Waals surface area (Å²) in [5.74, 6) is -1.09. The quantitative estimate of drug-likeness (QED) is 0.554. The Bertz CT molecular complexity index is 310. The van der Waals surface area contributed by atoms with E-state index < -0.39 is 12.1 Å². The summed E-state index contributed by atoms with van der Waals surface area (Å²) in [6.45, 7) is 0. The van der Waals surface area contributed by atoms with Gasteiger partial charge >= 0.3 is 51.4 Å². The van der Waals surface area contributed by atoms with E-state index >= 15 is 0 Å². The van der Waals surface area contributed by atoms with Gasteiger partial charge in [0.1, 0.15) is 11.9 Å². The Morgan fingerprint density at radius 2 is 2.00 bits per heavy atom. The zero-order valence-electron chi connectivity index (χ0n) is 8.77. The summed E-state index contributed by atoms with van der Waals surface area (Å²) in [5.41, 5.74) is 0.777. The van der Waals surface area contributed by atoms with Crippen LogP contribution in [0, 0.1) is 0 Å². The summed E-state index contributed by atoms with van der Waals surface area (Å²) in [6.07, 6.45) is -0.710. The fourth-order valence-corrected chi connectivity index (χ4v) is 1.11. The number of carbonyl (C=O) groups is 1. The summed E-state index contributed by atoms with van der Waals surface area (Å²) in [5, 5.41) is 19.5. The molecule has 1 aromatic rings. The van der Waals surface area contributed by atoms with E-state index in [0.29, 0.717) is 0 Å². The van der Waals surface area contributed by atoms with Crippen molar-refractivity contribution >= 4 is 5.97 Å². The van der Waals surface area contributed by atoms with Gasteiger partial charge in [-0.25, -0.2) is 0 Å². The van der Waals surface area contributed by atoms with Gasteiger partial charge < -0.3 is 19.7 Å². The number of hydrogen-bond acceptors (Lipinski definition) is 4. The largest absolute Gasteiger partial charge is 1.00 e. The molecule has 0 fully saturated rings. The fourth-order valence-electron chi connectivity index (χ4n) is 1.11. The van der Waals surface area contributed by atoms with E-state index in [1.165, 1.54) is 19.2 Å². The zero-order chi connectivity index (χ0) is 10.6. The Morgan fingerprint density at radius 3 is 2.40 bits per heavy atom. The second kappa shape index (κ2) is 7.37. The Hall–Kier alpha value is 0.0864. The van der Waals surface area contributed by atoms with E-state index in [1.807, 2.05) is 0 Å². The van der Waals surface area contributed by atoms with Crippen LogP contribution in [0.2, 0.25) is 0 Å². The minimum absolute atomic E-state index is 0. The molecule has 4 nitrogen and oxygen atoms in total. The number of carbonyl (C=O) groups excluding carboxylic acids is 1. The Kier molecular flexibility index (Phi) is 7.42. The Morgan fingerprint density at radius 1 is 1.47 bits per heavy atom. The second-order valence-electron chi connectivity index (χ2n) is 2.91. The van der Waals surface area contributed by atoms with Gasteiger partial charge in [0.05, 0.1) is 5.97 Å². The van der Waals surface area contributed by atoms with Gasteiger partial charge in [-0.15, -0.1) is 0 Å². The molecule has 0 aliphatic rings. The van der Waals surface area contributed by atoms with Gasteiger partial charge in [-0.2, -0.15) is 0 Å². The maximum atomic E-state index is 10.5. The van der Waals surface area contributed by atoms with Crippen molar-refractivity contribution in [1.29, 1.82) is 0 Å². The molecule has 1 N–H and O–H groups in total. The van der Waals surface area contributed by atoms with Gasteiger partial charge in [0.25, 0.3) is 0 Å². The molecule has 15 heavy (non-hydrogen) atoms. The molecule has 0 aromatic heterocycles. The van der Waals surface area contributed by atoms with Gasteiger partial charge in [-0.05, 0) is 17.7 Å². The zero-order valence-corrected chi connectivity index (χ0v) is 11.9. The topological polar surface area (TPSA) is 69.6 Å². The SMILES string of the molecule is COC(Cc1ccc(O)cc1)C(=O)[O-].[K+]. The molecule has 0 aliphatic heterocycles. The first-order chi connectivity index (χ1) is 6.63. The summed E-state index contributed by atoms with van der Waals surface area (Å²) in [7, 11) is 1.32. The second-order valence-corrected chi connectivity index (χ2v) is 2.91. The van der Waals surface area contributed by atoms with E-state index in [1.54, 1.807) is 12.1 Å². The van der Waals surface area contributed by atoms with Gasteiger partial charge in [0, 0.05) is 13.5 Å². The van der Waals surface area contributed by atoms with Crippen LogP contribution in [0.1, 0.15) is 5.56 Å². The standard InChI is InChI=1S/C10H12O4.K/c1-14-9(10(12)13)6-7-2-4-8(11)5-3-7;/h2-5,9,11H,6H2,1H3,(H,12,13);/q;+1/p-1. The van der Waals surface area contributed by atoms with Crippen LogP contribution >= 0.6 is 0 Å². The molecule has 76 valence electrons. The maximum Gasteiger partial charge on any atom is 1.00 e. The number of phenols is 1. The molecule has 0 spiro atoms. The predicted octanol–water partition coefficient (Wildman–Crippen LogP) is -3.30. The number of benzene rings is 1. The normalized spacial score (nSPS) is 11.5. The molecule has 0 bridgehead atoms. The number of rotatable bonds is 4. The minimum atomic E-state index is -1.24. The molecule has 1 rings (SSSR count). The number of methoxy groups -OCH3 is 1. The van der Waals surface area contributed by atoms with E-state index in [4.69, 9.17) is 9.84 Å². The van der Waals surface area contributed by atoms with E-state index in [9.17, 15) is 9.90 Å². The third-order valence-corrected chi connectivity index (χ3v) is 1.90. The van der Waals surface area contributed by atoms with Gasteiger partial charge in [0.15, 0.2) is 0 Å². The first-order valence-corrected chi connectivity index (χ1v) is 4.15. The van der Waals surface area contributed by atoms with Crippen LogP contribution in [0.5, 0.6) is 5.75 Å². The Balaban J connectivity index is 0.00000196. The van der Waals surface area contributed by atoms with Crippen molar-refractivity contribution in [3.8, 4) is 5.75 Å². The number of phenolic OH excluding ortho intramolecular Hbond substituents is 1. The third kappa shape index (κ3) is 5.10. The van der Waals surface area contributed by atoms with Gasteiger partial charge in [-0.1, -0.05) is 12.1 Å². The molecule has 1 aromatic carbocycles. The van der Waals surface area contributed by atoms with Crippen molar-refractivity contribution in [2.24, 2.45) is 0 Å². The van der Waals surface area contributed by atoms with Crippen LogP contribution in [-0.2, 0) is 16.0 Å². The number of carboxylic acids is 1. The molecular formula is C10H11KO4. The van der Waals surface area contributed by atoms with Crippen molar-refractivity contribution in [3.05, 3.63) is 29.8 Å². The number of aromatic hydroxyl groups is 1. The van der Waals surface area contributed by atoms with Crippen molar-refractivity contribution in [2.45, 2.75) is 12.5 Å². The summed E-state index contributed by atoms with van der Waals surface area (Å²) >= 11 is 0. The summed E-state index contributed by atoms with van der Waals surface area (Å²) in [6, 6.07) is 6.28. The van der Waals surface area contributed by atoms with Crippen LogP contribution < -0.4 is 56.5 Å². The van der Waals surface area contributed by atoms with E-state index in [0.717, 1.165) is 5.56 Å². The minimum Gasteiger partial charge on any atom is -0.547 e. The van der Waals surface area contributed by atoms with Gasteiger partial charge in [-0.3, -0.25) is 0 Å². The molecule has 0 saturated carbocycles. The van der Waals surface area contributed by atoms with Crippen molar-refractivity contribution in [1.82, 2.24) is 0 Å². The summed E-state index contributed by atoms with van der Waals surface area (Å²) in [4.78, 5) is 10.5. The van der Waals surface area contributed by atoms with Crippen LogP contribution in [0.3, 0.4) is 0 Å². The Labute approximate surface area is 131 Å². The number of carboxylic acid groups (broad SMARTS) is 1.